The molecule has 1 aromatic rings. The number of esters is 1. The van der Waals surface area contributed by atoms with Crippen LogP contribution < -0.4 is 4.74 Å². The predicted octanol–water partition coefficient (Wildman–Crippen LogP) is 3.72. The minimum Gasteiger partial charge on any atom is -0.507 e. The molecule has 0 radical (unpaired) electrons. The lowest BCUT2D eigenvalue weighted by Crippen LogP contribution is -2.03. The van der Waals surface area contributed by atoms with E-state index in [0.29, 0.717) is 12.2 Å². The number of aromatic hydroxyl groups is 1. The molecule has 1 rings (SSSR count). The number of rotatable bonds is 4. The number of carbonyl (C=O) groups excluding carboxylic acids is 1. The molecule has 0 aliphatic carbocycles. The van der Waals surface area contributed by atoms with E-state index >= 15 is 0 Å². The van der Waals surface area contributed by atoms with Crippen LogP contribution in [0.2, 0.25) is 0 Å². The second-order valence-electron chi connectivity index (χ2n) is 4.16. The van der Waals surface area contributed by atoms with Crippen LogP contribution in [0.3, 0.4) is 0 Å². The summed E-state index contributed by atoms with van der Waals surface area (Å²) in [5.74, 6) is -0.147. The lowest BCUT2D eigenvalue weighted by Gasteiger charge is -2.10. The minimum absolute atomic E-state index is 0.139. The van der Waals surface area contributed by atoms with Crippen molar-refractivity contribution in [3.8, 4) is 11.5 Å². The first-order chi connectivity index (χ1) is 9.49. The monoisotopic (exact) mass is 280 g/mol. The van der Waals surface area contributed by atoms with Gasteiger partial charge in [-0.2, -0.15) is 0 Å². The van der Waals surface area contributed by atoms with Gasteiger partial charge in [-0.25, -0.2) is 4.79 Å². The van der Waals surface area contributed by atoms with Gasteiger partial charge in [0, 0.05) is 6.07 Å². The molecule has 0 atom stereocenters. The minimum atomic E-state index is -0.561. The van der Waals surface area contributed by atoms with Crippen molar-refractivity contribution in [1.29, 1.82) is 0 Å². The van der Waals surface area contributed by atoms with E-state index < -0.39 is 5.97 Å². The van der Waals surface area contributed by atoms with Gasteiger partial charge in [0.1, 0.15) is 17.1 Å². The average Bonchev–Trinajstić information content (AvgIpc) is 2.46. The lowest BCUT2D eigenvalue weighted by atomic mass is 10.0. The van der Waals surface area contributed by atoms with Crippen LogP contribution in [-0.4, -0.2) is 25.3 Å². The van der Waals surface area contributed by atoms with Crippen LogP contribution in [0.25, 0.3) is 0 Å². The summed E-state index contributed by atoms with van der Waals surface area (Å²) in [6.45, 7) is 7.99. The van der Waals surface area contributed by atoms with Crippen molar-refractivity contribution >= 4 is 5.97 Å². The highest BCUT2D eigenvalue weighted by molar-refractivity contribution is 5.93. The molecule has 0 saturated carbocycles. The van der Waals surface area contributed by atoms with Crippen LogP contribution in [0, 0.1) is 0 Å². The highest BCUT2D eigenvalue weighted by Gasteiger charge is 2.15. The topological polar surface area (TPSA) is 55.8 Å². The molecule has 0 heterocycles. The standard InChI is InChI=1S/C14H18O4.C2H6/c1-9(2)5-6-10-7-11(14(16)18-4)12(15)8-13(10)17-3;1-2/h5,7-8,15H,6H2,1-4H3;1-2H3. The molecule has 0 aliphatic rings. The summed E-state index contributed by atoms with van der Waals surface area (Å²) < 4.78 is 9.80. The summed E-state index contributed by atoms with van der Waals surface area (Å²) in [7, 11) is 2.81. The molecule has 0 unspecified atom stereocenters. The Balaban J connectivity index is 0.00000172. The summed E-state index contributed by atoms with van der Waals surface area (Å²) in [4.78, 5) is 11.5. The van der Waals surface area contributed by atoms with Gasteiger partial charge in [-0.05, 0) is 31.9 Å². The van der Waals surface area contributed by atoms with E-state index in [9.17, 15) is 9.90 Å². The lowest BCUT2D eigenvalue weighted by molar-refractivity contribution is 0.0597. The van der Waals surface area contributed by atoms with Crippen LogP contribution >= 0.6 is 0 Å². The Hall–Kier alpha value is -1.97. The quantitative estimate of drug-likeness (QED) is 0.674. The van der Waals surface area contributed by atoms with Crippen molar-refractivity contribution in [3.05, 3.63) is 34.9 Å². The number of allylic oxidation sites excluding steroid dienone is 2. The summed E-state index contributed by atoms with van der Waals surface area (Å²) in [5, 5.41) is 9.73. The fourth-order valence-electron chi connectivity index (χ4n) is 1.55. The molecular weight excluding hydrogens is 256 g/mol. The Labute approximate surface area is 121 Å². The third kappa shape index (κ3) is 4.96. The smallest absolute Gasteiger partial charge is 0.341 e. The van der Waals surface area contributed by atoms with Crippen LogP contribution in [0.1, 0.15) is 43.6 Å². The van der Waals surface area contributed by atoms with Crippen molar-refractivity contribution in [2.45, 2.75) is 34.1 Å². The number of phenolic OH excluding ortho intramolecular Hbond substituents is 1. The zero-order chi connectivity index (χ0) is 15.7. The van der Waals surface area contributed by atoms with E-state index in [2.05, 4.69) is 4.74 Å². The number of ether oxygens (including phenoxy) is 2. The van der Waals surface area contributed by atoms with Gasteiger partial charge in [0.15, 0.2) is 0 Å². The third-order valence-corrected chi connectivity index (χ3v) is 2.53. The Morgan fingerprint density at radius 2 is 1.85 bits per heavy atom. The molecule has 0 saturated heterocycles. The molecule has 0 fully saturated rings. The first kappa shape index (κ1) is 18.0. The number of hydrogen-bond acceptors (Lipinski definition) is 4. The molecule has 20 heavy (non-hydrogen) atoms. The number of phenols is 1. The maximum atomic E-state index is 11.5. The Bertz CT molecular complexity index is 472. The van der Waals surface area contributed by atoms with E-state index in [-0.39, 0.29) is 11.3 Å². The van der Waals surface area contributed by atoms with Gasteiger partial charge in [0.25, 0.3) is 0 Å². The van der Waals surface area contributed by atoms with Crippen molar-refractivity contribution < 1.29 is 19.4 Å². The fourth-order valence-corrected chi connectivity index (χ4v) is 1.55. The van der Waals surface area contributed by atoms with Gasteiger partial charge in [-0.1, -0.05) is 25.5 Å². The van der Waals surface area contributed by atoms with Gasteiger partial charge in [0.05, 0.1) is 14.2 Å². The van der Waals surface area contributed by atoms with Gasteiger partial charge < -0.3 is 14.6 Å². The van der Waals surface area contributed by atoms with E-state index in [1.165, 1.54) is 25.9 Å². The normalized spacial score (nSPS) is 9.10. The summed E-state index contributed by atoms with van der Waals surface area (Å²) in [6, 6.07) is 3.03. The molecule has 4 heteroatoms. The number of methoxy groups -OCH3 is 2. The van der Waals surface area contributed by atoms with E-state index in [0.717, 1.165) is 5.56 Å². The summed E-state index contributed by atoms with van der Waals surface area (Å²) >= 11 is 0. The molecule has 0 aliphatic heterocycles. The van der Waals surface area contributed by atoms with Gasteiger partial charge >= 0.3 is 5.97 Å². The maximum absolute atomic E-state index is 11.5. The molecule has 0 amide bonds. The van der Waals surface area contributed by atoms with Gasteiger partial charge in [-0.3, -0.25) is 0 Å². The van der Waals surface area contributed by atoms with Crippen molar-refractivity contribution in [3.63, 3.8) is 0 Å². The van der Waals surface area contributed by atoms with Crippen LogP contribution in [0.15, 0.2) is 23.8 Å². The predicted molar refractivity (Wildman–Crippen MR) is 80.5 cm³/mol. The largest absolute Gasteiger partial charge is 0.507 e. The Morgan fingerprint density at radius 1 is 1.25 bits per heavy atom. The van der Waals surface area contributed by atoms with Crippen LogP contribution in [0.4, 0.5) is 0 Å². The number of benzene rings is 1. The first-order valence-corrected chi connectivity index (χ1v) is 6.61. The fraction of sp³-hybridized carbons (Fsp3) is 0.438. The summed E-state index contributed by atoms with van der Waals surface area (Å²) in [5.41, 5.74) is 2.15. The van der Waals surface area contributed by atoms with Crippen molar-refractivity contribution in [2.24, 2.45) is 0 Å². The van der Waals surface area contributed by atoms with E-state index in [1.54, 1.807) is 6.07 Å². The molecule has 0 aromatic heterocycles. The van der Waals surface area contributed by atoms with Crippen LogP contribution in [0.5, 0.6) is 11.5 Å². The maximum Gasteiger partial charge on any atom is 0.341 e. The number of hydrogen-bond donors (Lipinski definition) is 1. The summed E-state index contributed by atoms with van der Waals surface area (Å²) in [6.07, 6.45) is 2.66. The van der Waals surface area contributed by atoms with E-state index in [1.807, 2.05) is 33.8 Å². The SMILES string of the molecule is CC.COC(=O)c1cc(CC=C(C)C)c(OC)cc1O. The second kappa shape index (κ2) is 9.02. The molecule has 4 nitrogen and oxygen atoms in total. The molecular formula is C16H24O4. The van der Waals surface area contributed by atoms with Crippen LogP contribution in [-0.2, 0) is 11.2 Å². The highest BCUT2D eigenvalue weighted by Crippen LogP contribution is 2.29. The third-order valence-electron chi connectivity index (χ3n) is 2.53. The van der Waals surface area contributed by atoms with Gasteiger partial charge in [0.2, 0.25) is 0 Å². The van der Waals surface area contributed by atoms with E-state index in [4.69, 9.17) is 4.74 Å². The zero-order valence-electron chi connectivity index (χ0n) is 13.1. The first-order valence-electron chi connectivity index (χ1n) is 6.61. The van der Waals surface area contributed by atoms with Crippen molar-refractivity contribution in [1.82, 2.24) is 0 Å². The Kier molecular flexibility index (Phi) is 8.13. The molecule has 1 aromatic carbocycles. The highest BCUT2D eigenvalue weighted by atomic mass is 16.5. The average molecular weight is 280 g/mol. The van der Waals surface area contributed by atoms with Crippen molar-refractivity contribution in [2.75, 3.05) is 14.2 Å². The van der Waals surface area contributed by atoms with Gasteiger partial charge in [-0.15, -0.1) is 0 Å². The zero-order valence-corrected chi connectivity index (χ0v) is 13.1. The molecule has 112 valence electrons. The molecule has 1 N–H and O–H groups in total. The second-order valence-corrected chi connectivity index (χ2v) is 4.16. The molecule has 0 spiro atoms. The Morgan fingerprint density at radius 3 is 2.30 bits per heavy atom. The molecule has 0 bridgehead atoms. The number of carbonyl (C=O) groups is 1.